The molecule has 0 fully saturated rings. The van der Waals surface area contributed by atoms with Crippen LogP contribution in [0.4, 0.5) is 0 Å². The molecule has 2 aromatic rings. The summed E-state index contributed by atoms with van der Waals surface area (Å²) in [7, 11) is 0. The minimum absolute atomic E-state index is 0.293. The molecule has 1 aromatic carbocycles. The van der Waals surface area contributed by atoms with Crippen LogP contribution in [-0.4, -0.2) is 5.78 Å². The maximum Gasteiger partial charge on any atom is 0.172 e. The number of ketones is 1. The van der Waals surface area contributed by atoms with Gasteiger partial charge < -0.3 is 0 Å². The number of hydrogen-bond acceptors (Lipinski definition) is 2. The summed E-state index contributed by atoms with van der Waals surface area (Å²) in [5.41, 5.74) is 5.12. The molecule has 0 saturated carbocycles. The topological polar surface area (TPSA) is 17.1 Å². The Labute approximate surface area is 155 Å². The van der Waals surface area contributed by atoms with Gasteiger partial charge in [-0.3, -0.25) is 4.79 Å². The molecule has 0 amide bonds. The van der Waals surface area contributed by atoms with Crippen molar-refractivity contribution in [1.29, 1.82) is 0 Å². The molecular weight excluding hydrogens is 324 g/mol. The molecule has 0 unspecified atom stereocenters. The summed E-state index contributed by atoms with van der Waals surface area (Å²) in [6, 6.07) is 14.0. The summed E-state index contributed by atoms with van der Waals surface area (Å²) in [6.45, 7) is 7.92. The molecule has 1 nitrogen and oxygen atoms in total. The number of benzene rings is 1. The highest BCUT2D eigenvalue weighted by molar-refractivity contribution is 7.12. The number of Topliss-reactive ketones (excluding diaryl/α,β-unsaturated/α-hetero) is 1. The van der Waals surface area contributed by atoms with Crippen molar-refractivity contribution in [1.82, 2.24) is 0 Å². The maximum atomic E-state index is 11.3. The molecular formula is C23H26OS. The van der Waals surface area contributed by atoms with Gasteiger partial charge in [0.05, 0.1) is 4.88 Å². The molecule has 0 aliphatic carbocycles. The van der Waals surface area contributed by atoms with Crippen LogP contribution in [0.15, 0.2) is 84.0 Å². The van der Waals surface area contributed by atoms with E-state index < -0.39 is 0 Å². The average molecular weight is 351 g/mol. The van der Waals surface area contributed by atoms with Gasteiger partial charge in [-0.25, -0.2) is 0 Å². The smallest absolute Gasteiger partial charge is 0.172 e. The quantitative estimate of drug-likeness (QED) is 0.295. The van der Waals surface area contributed by atoms with Crippen LogP contribution < -0.4 is 0 Å². The molecule has 2 heteroatoms. The Hall–Kier alpha value is -2.41. The first-order chi connectivity index (χ1) is 12.2. The molecule has 0 atom stereocenters. The molecule has 0 saturated heterocycles. The van der Waals surface area contributed by atoms with Crippen molar-refractivity contribution in [2.75, 3.05) is 0 Å². The van der Waals surface area contributed by atoms with Crippen molar-refractivity contribution in [2.24, 2.45) is 0 Å². The van der Waals surface area contributed by atoms with Gasteiger partial charge in [0, 0.05) is 6.42 Å². The summed E-state index contributed by atoms with van der Waals surface area (Å²) < 4.78 is 0. The van der Waals surface area contributed by atoms with Crippen LogP contribution in [0.25, 0.3) is 6.08 Å². The van der Waals surface area contributed by atoms with Crippen molar-refractivity contribution in [2.45, 2.75) is 33.1 Å². The molecule has 0 spiro atoms. The first kappa shape index (κ1) is 20.6. The normalized spacial score (nSPS) is 9.68. The number of carbonyl (C=O) groups is 1. The highest BCUT2D eigenvalue weighted by Crippen LogP contribution is 2.12. The summed E-state index contributed by atoms with van der Waals surface area (Å²) >= 11 is 1.53. The summed E-state index contributed by atoms with van der Waals surface area (Å²) in [5.74, 6) is 0.293. The van der Waals surface area contributed by atoms with E-state index in [9.17, 15) is 4.79 Å². The first-order valence-electron chi connectivity index (χ1n) is 8.53. The lowest BCUT2D eigenvalue weighted by atomic mass is 10.2. The van der Waals surface area contributed by atoms with Gasteiger partial charge in [-0.2, -0.15) is 0 Å². The van der Waals surface area contributed by atoms with Gasteiger partial charge in [-0.15, -0.1) is 17.1 Å². The van der Waals surface area contributed by atoms with Gasteiger partial charge in [0.1, 0.15) is 0 Å². The van der Waals surface area contributed by atoms with Crippen molar-refractivity contribution in [3.63, 3.8) is 0 Å². The third kappa shape index (κ3) is 9.46. The van der Waals surface area contributed by atoms with Crippen LogP contribution in [0.1, 0.15) is 48.3 Å². The SMILES string of the molecule is C=C(C=C=CC)/C=C/c1ccccc1.CCCCC(=O)c1cccs1. The van der Waals surface area contributed by atoms with Gasteiger partial charge in [-0.05, 0) is 48.1 Å². The van der Waals surface area contributed by atoms with E-state index in [1.807, 2.05) is 66.9 Å². The molecule has 25 heavy (non-hydrogen) atoms. The van der Waals surface area contributed by atoms with Gasteiger partial charge in [-0.1, -0.05) is 68.5 Å². The second kappa shape index (κ2) is 12.9. The summed E-state index contributed by atoms with van der Waals surface area (Å²) in [6.07, 6.45) is 10.5. The van der Waals surface area contributed by atoms with Gasteiger partial charge in [0.2, 0.25) is 0 Å². The highest BCUT2D eigenvalue weighted by Gasteiger charge is 2.04. The van der Waals surface area contributed by atoms with Crippen LogP contribution in [0, 0.1) is 0 Å². The predicted molar refractivity (Wildman–Crippen MR) is 111 cm³/mol. The lowest BCUT2D eigenvalue weighted by Crippen LogP contribution is -1.94. The number of unbranched alkanes of at least 4 members (excludes halogenated alkanes) is 1. The third-order valence-electron chi connectivity index (χ3n) is 3.28. The Bertz CT molecular complexity index is 715. The van der Waals surface area contributed by atoms with E-state index in [1.54, 1.807) is 0 Å². The standard InChI is InChI=1S/C14H14.C9H12OS/c1-3-4-8-13(2)11-12-14-9-6-5-7-10-14;1-2-3-5-8(10)9-6-4-7-11-9/h3,5-12H,2H2,1H3;4,6-7H,2-3,5H2,1H3/b12-11+;. The van der Waals surface area contributed by atoms with Crippen LogP contribution in [0.2, 0.25) is 0 Å². The molecule has 0 N–H and O–H groups in total. The molecule has 0 bridgehead atoms. The van der Waals surface area contributed by atoms with E-state index in [0.29, 0.717) is 12.2 Å². The summed E-state index contributed by atoms with van der Waals surface area (Å²) in [4.78, 5) is 12.2. The van der Waals surface area contributed by atoms with E-state index in [-0.39, 0.29) is 0 Å². The largest absolute Gasteiger partial charge is 0.293 e. The Morgan fingerprint density at radius 3 is 2.56 bits per heavy atom. The molecule has 0 radical (unpaired) electrons. The van der Waals surface area contributed by atoms with Crippen LogP contribution in [0.5, 0.6) is 0 Å². The summed E-state index contributed by atoms with van der Waals surface area (Å²) in [5, 5.41) is 1.94. The molecule has 1 heterocycles. The predicted octanol–water partition coefficient (Wildman–Crippen LogP) is 7.11. The van der Waals surface area contributed by atoms with E-state index in [0.717, 1.165) is 23.3 Å². The van der Waals surface area contributed by atoms with E-state index >= 15 is 0 Å². The molecule has 130 valence electrons. The van der Waals surface area contributed by atoms with Crippen LogP contribution >= 0.6 is 11.3 Å². The van der Waals surface area contributed by atoms with Crippen molar-refractivity contribution in [3.05, 3.63) is 94.4 Å². The number of rotatable bonds is 7. The fraction of sp³-hybridized carbons (Fsp3) is 0.217. The molecule has 0 aliphatic heterocycles. The third-order valence-corrected chi connectivity index (χ3v) is 4.19. The van der Waals surface area contributed by atoms with Gasteiger partial charge in [0.15, 0.2) is 5.78 Å². The zero-order chi connectivity index (χ0) is 18.3. The zero-order valence-electron chi connectivity index (χ0n) is 15.1. The van der Waals surface area contributed by atoms with E-state index in [4.69, 9.17) is 0 Å². The van der Waals surface area contributed by atoms with Crippen LogP contribution in [0.3, 0.4) is 0 Å². The molecule has 2 rings (SSSR count). The van der Waals surface area contributed by atoms with E-state index in [2.05, 4.69) is 31.4 Å². The Kier molecular flexibility index (Phi) is 10.7. The number of thiophene rings is 1. The first-order valence-corrected chi connectivity index (χ1v) is 9.41. The monoisotopic (exact) mass is 350 g/mol. The Balaban J connectivity index is 0.000000257. The highest BCUT2D eigenvalue weighted by atomic mass is 32.1. The fourth-order valence-electron chi connectivity index (χ4n) is 1.90. The zero-order valence-corrected chi connectivity index (χ0v) is 15.9. The lowest BCUT2D eigenvalue weighted by Gasteiger charge is -1.93. The average Bonchev–Trinajstić information content (AvgIpc) is 3.19. The lowest BCUT2D eigenvalue weighted by molar-refractivity contribution is 0.0983. The van der Waals surface area contributed by atoms with Crippen LogP contribution in [-0.2, 0) is 0 Å². The second-order valence-corrected chi connectivity index (χ2v) is 6.37. The maximum absolute atomic E-state index is 11.3. The molecule has 0 aliphatic rings. The van der Waals surface area contributed by atoms with E-state index in [1.165, 1.54) is 16.9 Å². The van der Waals surface area contributed by atoms with Gasteiger partial charge >= 0.3 is 0 Å². The van der Waals surface area contributed by atoms with Crippen molar-refractivity contribution >= 4 is 23.2 Å². The number of hydrogen-bond donors (Lipinski definition) is 0. The minimum atomic E-state index is 0.293. The van der Waals surface area contributed by atoms with Gasteiger partial charge in [0.25, 0.3) is 0 Å². The number of carbonyl (C=O) groups excluding carboxylic acids is 1. The minimum Gasteiger partial charge on any atom is -0.293 e. The van der Waals surface area contributed by atoms with Crippen molar-refractivity contribution in [3.8, 4) is 0 Å². The Morgan fingerprint density at radius 1 is 1.20 bits per heavy atom. The fourth-order valence-corrected chi connectivity index (χ4v) is 2.60. The second-order valence-electron chi connectivity index (χ2n) is 5.42. The Morgan fingerprint density at radius 2 is 1.96 bits per heavy atom. The van der Waals surface area contributed by atoms with Crippen molar-refractivity contribution < 1.29 is 4.79 Å². The molecule has 1 aromatic heterocycles. The number of allylic oxidation sites excluding steroid dienone is 3.